The minimum absolute atomic E-state index is 0.0606. The van der Waals surface area contributed by atoms with Crippen LogP contribution in [0.4, 0.5) is 4.39 Å². The van der Waals surface area contributed by atoms with Gasteiger partial charge in [-0.3, -0.25) is 4.79 Å². The Labute approximate surface area is 304 Å². The van der Waals surface area contributed by atoms with Crippen molar-refractivity contribution in [2.75, 3.05) is 25.5 Å². The zero-order valence-electron chi connectivity index (χ0n) is 27.4. The van der Waals surface area contributed by atoms with Crippen molar-refractivity contribution in [1.82, 2.24) is 5.32 Å². The number of halogens is 2. The molecule has 0 unspecified atom stereocenters. The molecule has 0 radical (unpaired) electrons. The molecule has 0 spiro atoms. The quantitative estimate of drug-likeness (QED) is 0.105. The highest BCUT2D eigenvalue weighted by atomic mass is 79.9. The Morgan fingerprint density at radius 2 is 1.56 bits per heavy atom. The second-order valence-electron chi connectivity index (χ2n) is 12.0. The summed E-state index contributed by atoms with van der Waals surface area (Å²) in [4.78, 5) is 19.8. The van der Waals surface area contributed by atoms with Gasteiger partial charge in [0.2, 0.25) is 5.90 Å². The Bertz CT molecular complexity index is 1890. The molecule has 6 rings (SSSR count). The van der Waals surface area contributed by atoms with Gasteiger partial charge in [0.25, 0.3) is 5.91 Å². The highest BCUT2D eigenvalue weighted by Crippen LogP contribution is 2.44. The number of carbonyl (C=O) groups is 1. The molecule has 2 atom stereocenters. The number of aliphatic hydroxyl groups is 1. The number of carbonyl (C=O) groups excluding carboxylic acids is 1. The van der Waals surface area contributed by atoms with Crippen LogP contribution in [-0.2, 0) is 21.7 Å². The van der Waals surface area contributed by atoms with Gasteiger partial charge in [0.05, 0.1) is 6.61 Å². The second kappa shape index (κ2) is 17.0. The minimum Gasteiger partial charge on any atom is -0.494 e. The zero-order chi connectivity index (χ0) is 34.8. The molecule has 9 heteroatoms. The number of hydrogen-bond acceptors (Lipinski definition) is 6. The standard InChI is InChI=1S/C41H38BrFN2O4S/c42-37-10-5-4-9-34(37)27-41(40(47)44-23-26-50-28-29-11-19-35(43)20-12-29)38(32-15-13-31(14-16-32)30-7-2-1-3-8-30)49-39(45-41)33-17-21-36(22-18-33)48-25-6-24-46/h1-5,7-22,38,46H,6,23-28H2,(H,44,47)/t38-,41-/m1/s1. The summed E-state index contributed by atoms with van der Waals surface area (Å²) in [5, 5.41) is 12.3. The van der Waals surface area contributed by atoms with Gasteiger partial charge in [-0.1, -0.05) is 101 Å². The molecule has 0 aromatic heterocycles. The van der Waals surface area contributed by atoms with Crippen LogP contribution >= 0.6 is 27.7 Å². The monoisotopic (exact) mass is 752 g/mol. The molecule has 0 aliphatic carbocycles. The SMILES string of the molecule is O=C(NCCSCc1ccc(F)cc1)[C@]1(Cc2ccccc2Br)N=C(c2ccc(OCCCO)cc2)O[C@@H]1c1ccc(-c2ccccc2)cc1. The van der Waals surface area contributed by atoms with E-state index in [2.05, 4.69) is 45.5 Å². The van der Waals surface area contributed by atoms with E-state index in [4.69, 9.17) is 19.6 Å². The molecule has 0 bridgehead atoms. The van der Waals surface area contributed by atoms with Gasteiger partial charge in [0, 0.05) is 47.5 Å². The smallest absolute Gasteiger partial charge is 0.252 e. The van der Waals surface area contributed by atoms with E-state index in [1.807, 2.05) is 78.9 Å². The van der Waals surface area contributed by atoms with E-state index in [-0.39, 0.29) is 18.3 Å². The average molecular weight is 754 g/mol. The number of amides is 1. The van der Waals surface area contributed by atoms with Gasteiger partial charge >= 0.3 is 0 Å². The lowest BCUT2D eigenvalue weighted by molar-refractivity contribution is -0.128. The number of nitrogens with zero attached hydrogens (tertiary/aromatic N) is 1. The third kappa shape index (κ3) is 8.64. The van der Waals surface area contributed by atoms with E-state index in [0.717, 1.165) is 37.9 Å². The van der Waals surface area contributed by atoms with E-state index >= 15 is 0 Å². The fraction of sp³-hybridized carbons (Fsp3) is 0.220. The number of aliphatic hydroxyl groups excluding tert-OH is 1. The van der Waals surface area contributed by atoms with Crippen LogP contribution in [-0.4, -0.2) is 48.0 Å². The van der Waals surface area contributed by atoms with Gasteiger partial charge < -0.3 is 19.9 Å². The molecule has 1 heterocycles. The van der Waals surface area contributed by atoms with Gasteiger partial charge in [-0.2, -0.15) is 11.8 Å². The van der Waals surface area contributed by atoms with Crippen LogP contribution in [0.1, 0.15) is 34.8 Å². The predicted molar refractivity (Wildman–Crippen MR) is 202 cm³/mol. The van der Waals surface area contributed by atoms with Crippen molar-refractivity contribution in [2.45, 2.75) is 30.2 Å². The Hall–Kier alpha value is -4.44. The Morgan fingerprint density at radius 3 is 2.28 bits per heavy atom. The van der Waals surface area contributed by atoms with Crippen LogP contribution in [0.5, 0.6) is 5.75 Å². The normalized spacial score (nSPS) is 16.8. The number of ether oxygens (including phenoxy) is 2. The highest BCUT2D eigenvalue weighted by molar-refractivity contribution is 9.10. The molecule has 50 heavy (non-hydrogen) atoms. The van der Waals surface area contributed by atoms with Crippen molar-refractivity contribution in [3.8, 4) is 16.9 Å². The van der Waals surface area contributed by atoms with Crippen LogP contribution in [0.2, 0.25) is 0 Å². The second-order valence-corrected chi connectivity index (χ2v) is 13.9. The molecule has 5 aromatic rings. The molecular weight excluding hydrogens is 715 g/mol. The molecule has 6 nitrogen and oxygen atoms in total. The van der Waals surface area contributed by atoms with Crippen molar-refractivity contribution >= 4 is 39.5 Å². The molecular formula is C41H38BrFN2O4S. The van der Waals surface area contributed by atoms with Gasteiger partial charge in [-0.25, -0.2) is 9.38 Å². The maximum atomic E-state index is 14.6. The van der Waals surface area contributed by atoms with E-state index in [1.165, 1.54) is 12.1 Å². The maximum absolute atomic E-state index is 14.6. The summed E-state index contributed by atoms with van der Waals surface area (Å²) in [5.74, 6) is 1.93. The summed E-state index contributed by atoms with van der Waals surface area (Å²) in [6.45, 7) is 0.892. The molecule has 2 N–H and O–H groups in total. The fourth-order valence-electron chi connectivity index (χ4n) is 5.86. The third-order valence-electron chi connectivity index (χ3n) is 8.48. The first kappa shape index (κ1) is 35.4. The lowest BCUT2D eigenvalue weighted by atomic mass is 9.81. The number of aliphatic imine (C=N–C) groups is 1. The lowest BCUT2D eigenvalue weighted by Crippen LogP contribution is -2.50. The maximum Gasteiger partial charge on any atom is 0.252 e. The summed E-state index contributed by atoms with van der Waals surface area (Å²) >= 11 is 5.37. The largest absolute Gasteiger partial charge is 0.494 e. The van der Waals surface area contributed by atoms with Crippen molar-refractivity contribution in [3.05, 3.63) is 160 Å². The average Bonchev–Trinajstić information content (AvgIpc) is 3.54. The summed E-state index contributed by atoms with van der Waals surface area (Å²) < 4.78 is 26.7. The van der Waals surface area contributed by atoms with Crippen LogP contribution in [0.15, 0.2) is 137 Å². The highest BCUT2D eigenvalue weighted by Gasteiger charge is 2.53. The van der Waals surface area contributed by atoms with E-state index in [0.29, 0.717) is 49.1 Å². The number of benzene rings is 5. The first-order chi connectivity index (χ1) is 24.4. The van der Waals surface area contributed by atoms with Crippen LogP contribution in [0, 0.1) is 5.82 Å². The summed E-state index contributed by atoms with van der Waals surface area (Å²) in [6, 6.07) is 40.1. The summed E-state index contributed by atoms with van der Waals surface area (Å²) in [6.07, 6.45) is 0.112. The number of rotatable bonds is 15. The van der Waals surface area contributed by atoms with E-state index in [9.17, 15) is 9.18 Å². The Morgan fingerprint density at radius 1 is 0.880 bits per heavy atom. The molecule has 1 amide bonds. The molecule has 1 aliphatic rings. The number of hydrogen-bond donors (Lipinski definition) is 2. The Balaban J connectivity index is 1.32. The lowest BCUT2D eigenvalue weighted by Gasteiger charge is -2.31. The van der Waals surface area contributed by atoms with Crippen LogP contribution < -0.4 is 10.1 Å². The molecule has 0 saturated carbocycles. The molecule has 256 valence electrons. The zero-order valence-corrected chi connectivity index (χ0v) is 29.8. The summed E-state index contributed by atoms with van der Waals surface area (Å²) in [7, 11) is 0. The summed E-state index contributed by atoms with van der Waals surface area (Å²) in [5.41, 5.74) is 4.34. The van der Waals surface area contributed by atoms with Crippen LogP contribution in [0.25, 0.3) is 11.1 Å². The first-order valence-electron chi connectivity index (χ1n) is 16.5. The molecule has 0 saturated heterocycles. The first-order valence-corrected chi connectivity index (χ1v) is 18.5. The molecule has 0 fully saturated rings. The van der Waals surface area contributed by atoms with Gasteiger partial charge in [0.15, 0.2) is 11.6 Å². The van der Waals surface area contributed by atoms with Crippen molar-refractivity contribution in [2.24, 2.45) is 4.99 Å². The predicted octanol–water partition coefficient (Wildman–Crippen LogP) is 8.57. The Kier molecular flexibility index (Phi) is 12.0. The third-order valence-corrected chi connectivity index (χ3v) is 10.3. The van der Waals surface area contributed by atoms with E-state index < -0.39 is 11.6 Å². The van der Waals surface area contributed by atoms with Crippen molar-refractivity contribution in [3.63, 3.8) is 0 Å². The van der Waals surface area contributed by atoms with Crippen LogP contribution in [0.3, 0.4) is 0 Å². The molecule has 5 aromatic carbocycles. The minimum atomic E-state index is -1.33. The fourth-order valence-corrected chi connectivity index (χ4v) is 7.10. The number of nitrogens with one attached hydrogen (secondary N) is 1. The van der Waals surface area contributed by atoms with Gasteiger partial charge in [-0.15, -0.1) is 0 Å². The number of thioether (sulfide) groups is 1. The van der Waals surface area contributed by atoms with E-state index in [1.54, 1.807) is 23.9 Å². The molecule has 1 aliphatic heterocycles. The van der Waals surface area contributed by atoms with Gasteiger partial charge in [0.1, 0.15) is 11.6 Å². The van der Waals surface area contributed by atoms with Gasteiger partial charge in [-0.05, 0) is 70.3 Å². The van der Waals surface area contributed by atoms with Crippen molar-refractivity contribution in [1.29, 1.82) is 0 Å². The van der Waals surface area contributed by atoms with Crippen molar-refractivity contribution < 1.29 is 23.8 Å². The topological polar surface area (TPSA) is 80.2 Å².